The zero-order chi connectivity index (χ0) is 17.9. The maximum atomic E-state index is 12.5. The van der Waals surface area contributed by atoms with Gasteiger partial charge in [-0.3, -0.25) is 9.78 Å². The van der Waals surface area contributed by atoms with Crippen molar-refractivity contribution in [3.63, 3.8) is 0 Å². The van der Waals surface area contributed by atoms with Crippen LogP contribution in [-0.2, 0) is 4.79 Å². The number of amides is 1. The van der Waals surface area contributed by atoms with Crippen LogP contribution < -0.4 is 4.74 Å². The van der Waals surface area contributed by atoms with Gasteiger partial charge >= 0.3 is 0 Å². The largest absolute Gasteiger partial charge is 0.487 e. The Balaban J connectivity index is 1.32. The number of thioether (sulfide) groups is 1. The SMILES string of the molecule is O=C(CSc1c[nH]c2ccccc12)N1CC[C@H](Oc2ccncc2Cl)C1. The van der Waals surface area contributed by atoms with Crippen LogP contribution in [0.15, 0.2) is 53.8 Å². The van der Waals surface area contributed by atoms with Crippen LogP contribution in [0.3, 0.4) is 0 Å². The smallest absolute Gasteiger partial charge is 0.233 e. The molecule has 1 N–H and O–H groups in total. The van der Waals surface area contributed by atoms with Gasteiger partial charge in [-0.15, -0.1) is 11.8 Å². The van der Waals surface area contributed by atoms with Crippen molar-refractivity contribution in [1.29, 1.82) is 0 Å². The number of hydrogen-bond donors (Lipinski definition) is 1. The van der Waals surface area contributed by atoms with Gasteiger partial charge in [0.2, 0.25) is 5.91 Å². The topological polar surface area (TPSA) is 58.2 Å². The maximum Gasteiger partial charge on any atom is 0.233 e. The first-order valence-electron chi connectivity index (χ1n) is 8.43. The van der Waals surface area contributed by atoms with E-state index in [1.54, 1.807) is 30.2 Å². The van der Waals surface area contributed by atoms with Crippen molar-refractivity contribution in [2.24, 2.45) is 0 Å². The number of ether oxygens (including phenoxy) is 1. The molecule has 1 aromatic carbocycles. The van der Waals surface area contributed by atoms with Gasteiger partial charge in [0.25, 0.3) is 0 Å². The summed E-state index contributed by atoms with van der Waals surface area (Å²) in [5.41, 5.74) is 1.09. The minimum Gasteiger partial charge on any atom is -0.487 e. The molecule has 26 heavy (non-hydrogen) atoms. The van der Waals surface area contributed by atoms with Crippen LogP contribution in [-0.4, -0.2) is 45.7 Å². The van der Waals surface area contributed by atoms with E-state index in [4.69, 9.17) is 16.3 Å². The van der Waals surface area contributed by atoms with Gasteiger partial charge in [-0.05, 0) is 6.07 Å². The number of aromatic nitrogens is 2. The number of halogens is 1. The fraction of sp³-hybridized carbons (Fsp3) is 0.263. The minimum absolute atomic E-state index is 0.0306. The maximum absolute atomic E-state index is 12.5. The summed E-state index contributed by atoms with van der Waals surface area (Å²) in [4.78, 5) is 22.7. The molecule has 0 aliphatic carbocycles. The van der Waals surface area contributed by atoms with E-state index in [2.05, 4.69) is 16.0 Å². The third-order valence-electron chi connectivity index (χ3n) is 4.43. The van der Waals surface area contributed by atoms with Crippen molar-refractivity contribution < 1.29 is 9.53 Å². The van der Waals surface area contributed by atoms with E-state index in [9.17, 15) is 4.79 Å². The number of fused-ring (bicyclic) bond motifs is 1. The first kappa shape index (κ1) is 17.2. The Bertz CT molecular complexity index is 930. The van der Waals surface area contributed by atoms with Gasteiger partial charge in [0.05, 0.1) is 12.3 Å². The zero-order valence-electron chi connectivity index (χ0n) is 14.0. The molecule has 4 rings (SSSR count). The number of H-pyrrole nitrogens is 1. The fourth-order valence-corrected chi connectivity index (χ4v) is 4.18. The second kappa shape index (κ2) is 7.60. The molecule has 3 heterocycles. The van der Waals surface area contributed by atoms with E-state index in [-0.39, 0.29) is 12.0 Å². The lowest BCUT2D eigenvalue weighted by molar-refractivity contribution is -0.127. The molecule has 0 saturated carbocycles. The van der Waals surface area contributed by atoms with Gasteiger partial charge in [0.1, 0.15) is 16.9 Å². The standard InChI is InChI=1S/C19H18ClN3O2S/c20-15-9-21-7-5-17(15)25-13-6-8-23(11-13)19(24)12-26-18-10-22-16-4-2-1-3-14(16)18/h1-5,7,9-10,13,22H,6,8,11-12H2/t13-/m0/s1. The Morgan fingerprint density at radius 2 is 2.27 bits per heavy atom. The quantitative estimate of drug-likeness (QED) is 0.672. The summed E-state index contributed by atoms with van der Waals surface area (Å²) in [6.07, 6.45) is 5.95. The molecule has 134 valence electrons. The average molecular weight is 388 g/mol. The molecule has 0 radical (unpaired) electrons. The molecule has 0 unspecified atom stereocenters. The predicted octanol–water partition coefficient (Wildman–Crippen LogP) is 3.99. The second-order valence-corrected chi connectivity index (χ2v) is 7.59. The number of nitrogens with zero attached hydrogens (tertiary/aromatic N) is 2. The fourth-order valence-electron chi connectivity index (χ4n) is 3.08. The average Bonchev–Trinajstić information content (AvgIpc) is 3.29. The van der Waals surface area contributed by atoms with Crippen molar-refractivity contribution in [3.05, 3.63) is 53.9 Å². The van der Waals surface area contributed by atoms with Crippen molar-refractivity contribution in [1.82, 2.24) is 14.9 Å². The molecule has 1 fully saturated rings. The number of para-hydroxylation sites is 1. The molecule has 2 aromatic heterocycles. The van der Waals surface area contributed by atoms with Gasteiger partial charge in [-0.25, -0.2) is 0 Å². The molecule has 1 saturated heterocycles. The van der Waals surface area contributed by atoms with Gasteiger partial charge in [-0.2, -0.15) is 0 Å². The van der Waals surface area contributed by atoms with E-state index in [0.717, 1.165) is 22.2 Å². The number of likely N-dealkylation sites (tertiary alicyclic amines) is 1. The van der Waals surface area contributed by atoms with Crippen molar-refractivity contribution in [2.45, 2.75) is 17.4 Å². The molecule has 1 amide bonds. The summed E-state index contributed by atoms with van der Waals surface area (Å²) >= 11 is 7.65. The number of pyridine rings is 1. The molecule has 1 aliphatic heterocycles. The van der Waals surface area contributed by atoms with Crippen molar-refractivity contribution in [3.8, 4) is 5.75 Å². The van der Waals surface area contributed by atoms with Crippen LogP contribution in [0.5, 0.6) is 5.75 Å². The summed E-state index contributed by atoms with van der Waals surface area (Å²) in [6.45, 7) is 1.30. The van der Waals surface area contributed by atoms with Gasteiger partial charge in [-0.1, -0.05) is 29.8 Å². The lowest BCUT2D eigenvalue weighted by Crippen LogP contribution is -2.32. The van der Waals surface area contributed by atoms with E-state index in [0.29, 0.717) is 29.6 Å². The summed E-state index contributed by atoms with van der Waals surface area (Å²) in [7, 11) is 0. The monoisotopic (exact) mass is 387 g/mol. The van der Waals surface area contributed by atoms with Crippen molar-refractivity contribution in [2.75, 3.05) is 18.8 Å². The molecule has 0 bridgehead atoms. The van der Waals surface area contributed by atoms with Crippen molar-refractivity contribution >= 4 is 40.2 Å². The molecule has 3 aromatic rings. The van der Waals surface area contributed by atoms with E-state index in [1.165, 1.54) is 0 Å². The first-order chi connectivity index (χ1) is 12.7. The summed E-state index contributed by atoms with van der Waals surface area (Å²) in [5, 5.41) is 1.65. The van der Waals surface area contributed by atoms with E-state index in [1.807, 2.05) is 29.3 Å². The normalized spacial score (nSPS) is 17.0. The van der Waals surface area contributed by atoms with E-state index >= 15 is 0 Å². The third kappa shape index (κ3) is 3.66. The van der Waals surface area contributed by atoms with Gasteiger partial charge in [0, 0.05) is 53.4 Å². The van der Waals surface area contributed by atoms with Gasteiger partial charge < -0.3 is 14.6 Å². The molecule has 1 atom stereocenters. The predicted molar refractivity (Wildman–Crippen MR) is 104 cm³/mol. The Morgan fingerprint density at radius 3 is 3.15 bits per heavy atom. The highest BCUT2D eigenvalue weighted by Gasteiger charge is 2.28. The Hall–Kier alpha value is -2.18. The number of nitrogens with one attached hydrogen (secondary N) is 1. The molecule has 1 aliphatic rings. The molecular weight excluding hydrogens is 370 g/mol. The number of carbonyl (C=O) groups is 1. The number of carbonyl (C=O) groups excluding carboxylic acids is 1. The summed E-state index contributed by atoms with van der Waals surface area (Å²) in [5.74, 6) is 1.17. The second-order valence-electron chi connectivity index (χ2n) is 6.16. The van der Waals surface area contributed by atoms with Crippen LogP contribution in [0.25, 0.3) is 10.9 Å². The Kier molecular flexibility index (Phi) is 5.04. The Morgan fingerprint density at radius 1 is 1.38 bits per heavy atom. The molecule has 0 spiro atoms. The third-order valence-corrected chi connectivity index (χ3v) is 5.75. The highest BCUT2D eigenvalue weighted by molar-refractivity contribution is 8.00. The van der Waals surface area contributed by atoms with Crippen LogP contribution in [0, 0.1) is 0 Å². The van der Waals surface area contributed by atoms with Crippen LogP contribution in [0.2, 0.25) is 5.02 Å². The molecular formula is C19H18ClN3O2S. The lowest BCUT2D eigenvalue weighted by atomic mass is 10.2. The summed E-state index contributed by atoms with van der Waals surface area (Å²) in [6, 6.07) is 9.86. The number of aromatic amines is 1. The van der Waals surface area contributed by atoms with E-state index < -0.39 is 0 Å². The Labute approximate surface area is 160 Å². The van der Waals surface area contributed by atoms with Crippen LogP contribution in [0.1, 0.15) is 6.42 Å². The summed E-state index contributed by atoms with van der Waals surface area (Å²) < 4.78 is 5.92. The first-order valence-corrected chi connectivity index (χ1v) is 9.80. The minimum atomic E-state index is -0.0306. The lowest BCUT2D eigenvalue weighted by Gasteiger charge is -2.17. The van der Waals surface area contributed by atoms with Crippen LogP contribution in [0.4, 0.5) is 0 Å². The van der Waals surface area contributed by atoms with Crippen LogP contribution >= 0.6 is 23.4 Å². The van der Waals surface area contributed by atoms with Gasteiger partial charge in [0.15, 0.2) is 0 Å². The number of benzene rings is 1. The highest BCUT2D eigenvalue weighted by Crippen LogP contribution is 2.29. The molecule has 7 heteroatoms. The highest BCUT2D eigenvalue weighted by atomic mass is 35.5. The number of rotatable bonds is 5. The zero-order valence-corrected chi connectivity index (χ0v) is 15.6. The molecule has 5 nitrogen and oxygen atoms in total. The number of hydrogen-bond acceptors (Lipinski definition) is 4.